The molecule has 17 heteroatoms. The number of hydrogen-bond donors (Lipinski definition) is 7. The summed E-state index contributed by atoms with van der Waals surface area (Å²) in [5.74, 6) is -0.569. The number of anilines is 2. The zero-order chi connectivity index (χ0) is 36.8. The van der Waals surface area contributed by atoms with Crippen LogP contribution in [0.25, 0.3) is 33.9 Å². The third kappa shape index (κ3) is 9.46. The number of nitrogens with one attached hydrogen (secondary N) is 1. The number of aromatic hydroxyl groups is 1. The number of benzene rings is 3. The van der Waals surface area contributed by atoms with Crippen molar-refractivity contribution in [3.8, 4) is 45.4 Å². The van der Waals surface area contributed by atoms with E-state index in [9.17, 15) is 48.5 Å². The van der Waals surface area contributed by atoms with Gasteiger partial charge in [-0.2, -0.15) is 0 Å². The fourth-order valence-corrected chi connectivity index (χ4v) is 6.34. The van der Waals surface area contributed by atoms with Crippen molar-refractivity contribution in [2.45, 2.75) is 33.3 Å². The van der Waals surface area contributed by atoms with E-state index in [2.05, 4.69) is 4.98 Å². The zero-order valence-corrected chi connectivity index (χ0v) is 29.5. The van der Waals surface area contributed by atoms with Crippen molar-refractivity contribution in [3.05, 3.63) is 66.2 Å². The van der Waals surface area contributed by atoms with Crippen LogP contribution < -0.4 is 14.5 Å². The number of aliphatic hydroxyl groups is 1. The number of carbonyl (C=O) groups excluding carboxylic acids is 2. The van der Waals surface area contributed by atoms with E-state index < -0.39 is 45.9 Å². The van der Waals surface area contributed by atoms with Gasteiger partial charge in [0.15, 0.2) is 11.5 Å². The van der Waals surface area contributed by atoms with Crippen molar-refractivity contribution in [1.29, 1.82) is 0 Å². The molecular formula is C33H40N4O11P2. The summed E-state index contributed by atoms with van der Waals surface area (Å²) in [6, 6.07) is 17.0. The van der Waals surface area contributed by atoms with Gasteiger partial charge in [-0.25, -0.2) is 4.98 Å². The molecule has 0 spiro atoms. The summed E-state index contributed by atoms with van der Waals surface area (Å²) < 4.78 is 27.9. The maximum Gasteiger partial charge on any atom is 0.326 e. The lowest BCUT2D eigenvalue weighted by Crippen LogP contribution is -2.31. The van der Waals surface area contributed by atoms with Gasteiger partial charge in [-0.1, -0.05) is 24.3 Å². The fraction of sp³-hybridized carbons (Fsp3) is 0.303. The standard InChI is InChI=1S/C33H40N4O11P2/c1-4-36(28(39)14-16-49(42,43)44)25-10-6-21(7-11-25)30-31(35-33(34-30)23-18-24(20-38)32(41)27(19-23)48-3)22-8-12-26(13-9-22)37(5-2)29(40)15-17-50(45,46)47/h6-13,18-19,38,41H,4-5,14-17,20H2,1-3H3,(H,34,35)(H2,42,43,44)(H2,45,46,47). The topological polar surface area (TPSA) is 234 Å². The average molecular weight is 731 g/mol. The van der Waals surface area contributed by atoms with E-state index in [4.69, 9.17) is 9.72 Å². The van der Waals surface area contributed by atoms with Crippen molar-refractivity contribution in [3.63, 3.8) is 0 Å². The van der Waals surface area contributed by atoms with Crippen molar-refractivity contribution in [1.82, 2.24) is 9.97 Å². The van der Waals surface area contributed by atoms with Gasteiger partial charge in [-0.05, 0) is 50.2 Å². The summed E-state index contributed by atoms with van der Waals surface area (Å²) in [7, 11) is -7.31. The van der Waals surface area contributed by atoms with Gasteiger partial charge in [0.2, 0.25) is 11.8 Å². The highest BCUT2D eigenvalue weighted by molar-refractivity contribution is 7.52. The molecule has 4 rings (SSSR count). The van der Waals surface area contributed by atoms with Gasteiger partial charge in [0.05, 0.1) is 37.4 Å². The predicted octanol–water partition coefficient (Wildman–Crippen LogP) is 4.46. The molecule has 15 nitrogen and oxygen atoms in total. The first-order valence-electron chi connectivity index (χ1n) is 15.6. The average Bonchev–Trinajstić information content (AvgIpc) is 3.53. The first-order valence-corrected chi connectivity index (χ1v) is 19.2. The highest BCUT2D eigenvalue weighted by atomic mass is 31.2. The molecule has 0 radical (unpaired) electrons. The molecule has 0 atom stereocenters. The second-order valence-electron chi connectivity index (χ2n) is 11.3. The Hall–Kier alpha value is -4.33. The van der Waals surface area contributed by atoms with Crippen LogP contribution in [0.5, 0.6) is 11.5 Å². The Bertz CT molecular complexity index is 1790. The number of aromatic nitrogens is 2. The van der Waals surface area contributed by atoms with E-state index in [1.807, 2.05) is 0 Å². The highest BCUT2D eigenvalue weighted by Gasteiger charge is 2.23. The van der Waals surface area contributed by atoms with Gasteiger partial charge in [-0.3, -0.25) is 18.7 Å². The molecule has 1 heterocycles. The number of ether oxygens (including phenoxy) is 1. The second-order valence-corrected chi connectivity index (χ2v) is 14.9. The Labute approximate surface area is 288 Å². The molecule has 0 saturated carbocycles. The molecule has 0 fully saturated rings. The molecular weight excluding hydrogens is 690 g/mol. The van der Waals surface area contributed by atoms with Crippen LogP contribution >= 0.6 is 15.2 Å². The van der Waals surface area contributed by atoms with Crippen molar-refractivity contribution >= 4 is 38.4 Å². The molecule has 0 saturated heterocycles. The number of aliphatic hydroxyl groups excluding tert-OH is 1. The number of hydrogen-bond acceptors (Lipinski definition) is 8. The molecule has 50 heavy (non-hydrogen) atoms. The second kappa shape index (κ2) is 16.1. The largest absolute Gasteiger partial charge is 0.504 e. The lowest BCUT2D eigenvalue weighted by atomic mass is 10.0. The van der Waals surface area contributed by atoms with Crippen LogP contribution in [0.15, 0.2) is 60.7 Å². The summed E-state index contributed by atoms with van der Waals surface area (Å²) in [4.78, 5) is 73.5. The third-order valence-corrected chi connectivity index (χ3v) is 9.52. The minimum absolute atomic E-state index is 0.130. The van der Waals surface area contributed by atoms with Crippen LogP contribution in [0, 0.1) is 0 Å². The quantitative estimate of drug-likeness (QED) is 0.0841. The Morgan fingerprint density at radius 3 is 1.68 bits per heavy atom. The van der Waals surface area contributed by atoms with Gasteiger partial charge in [0.1, 0.15) is 5.82 Å². The normalized spacial score (nSPS) is 11.8. The van der Waals surface area contributed by atoms with E-state index in [0.717, 1.165) is 0 Å². The van der Waals surface area contributed by atoms with Crippen molar-refractivity contribution in [2.24, 2.45) is 0 Å². The Balaban J connectivity index is 1.76. The van der Waals surface area contributed by atoms with Crippen LogP contribution in [0.3, 0.4) is 0 Å². The first kappa shape index (κ1) is 38.5. The monoisotopic (exact) mass is 730 g/mol. The number of amides is 2. The number of nitrogens with zero attached hydrogens (tertiary/aromatic N) is 3. The number of methoxy groups -OCH3 is 1. The summed E-state index contributed by atoms with van der Waals surface area (Å²) in [6.45, 7) is 3.60. The van der Waals surface area contributed by atoms with Gasteiger partial charge in [0, 0.05) is 59.6 Å². The molecule has 0 unspecified atom stereocenters. The SMILES string of the molecule is CCN(C(=O)CCP(=O)(O)O)c1ccc(-c2nc(-c3cc(CO)c(O)c(OC)c3)[nH]c2-c2ccc(N(CC)C(=O)CCP(=O)(O)O)cc2)cc1. The molecule has 0 bridgehead atoms. The van der Waals surface area contributed by atoms with Crippen LogP contribution in [0.4, 0.5) is 11.4 Å². The number of H-pyrrole nitrogens is 1. The lowest BCUT2D eigenvalue weighted by molar-refractivity contribution is -0.119. The van der Waals surface area contributed by atoms with E-state index >= 15 is 0 Å². The van der Waals surface area contributed by atoms with E-state index in [-0.39, 0.29) is 43.0 Å². The lowest BCUT2D eigenvalue weighted by Gasteiger charge is -2.22. The number of rotatable bonds is 15. The molecule has 2 amide bonds. The highest BCUT2D eigenvalue weighted by Crippen LogP contribution is 2.40. The molecule has 0 aliphatic rings. The smallest absolute Gasteiger partial charge is 0.326 e. The maximum atomic E-state index is 12.8. The van der Waals surface area contributed by atoms with E-state index in [1.54, 1.807) is 74.5 Å². The van der Waals surface area contributed by atoms with Gasteiger partial charge >= 0.3 is 15.2 Å². The summed E-state index contributed by atoms with van der Waals surface area (Å²) in [5, 5.41) is 20.3. The number of aromatic amines is 1. The number of phenols is 1. The Kier molecular flexibility index (Phi) is 12.4. The summed E-state index contributed by atoms with van der Waals surface area (Å²) >= 11 is 0. The minimum atomic E-state index is -4.35. The van der Waals surface area contributed by atoms with E-state index in [1.165, 1.54) is 16.9 Å². The zero-order valence-electron chi connectivity index (χ0n) is 27.7. The molecule has 268 valence electrons. The predicted molar refractivity (Wildman–Crippen MR) is 188 cm³/mol. The molecule has 1 aromatic heterocycles. The fourth-order valence-electron chi connectivity index (χ4n) is 5.37. The third-order valence-electron chi connectivity index (χ3n) is 7.91. The molecule has 4 aromatic rings. The number of carbonyl (C=O) groups is 2. The Morgan fingerprint density at radius 1 is 0.780 bits per heavy atom. The van der Waals surface area contributed by atoms with E-state index in [0.29, 0.717) is 45.3 Å². The summed E-state index contributed by atoms with van der Waals surface area (Å²) in [6.07, 6.45) is -1.76. The molecule has 7 N–H and O–H groups in total. The van der Waals surface area contributed by atoms with Crippen LogP contribution in [0.2, 0.25) is 0 Å². The Morgan fingerprint density at radius 2 is 1.26 bits per heavy atom. The minimum Gasteiger partial charge on any atom is -0.504 e. The molecule has 3 aromatic carbocycles. The van der Waals surface area contributed by atoms with Gasteiger partial charge in [-0.15, -0.1) is 0 Å². The van der Waals surface area contributed by atoms with Crippen LogP contribution in [-0.4, -0.2) is 84.1 Å². The van der Waals surface area contributed by atoms with Crippen LogP contribution in [0.1, 0.15) is 32.3 Å². The van der Waals surface area contributed by atoms with Crippen molar-refractivity contribution in [2.75, 3.05) is 42.3 Å². The summed E-state index contributed by atoms with van der Waals surface area (Å²) in [5.41, 5.74) is 4.15. The molecule has 0 aliphatic heterocycles. The maximum absolute atomic E-state index is 12.8. The van der Waals surface area contributed by atoms with Crippen LogP contribution in [-0.2, 0) is 25.3 Å². The molecule has 0 aliphatic carbocycles. The van der Waals surface area contributed by atoms with Gasteiger partial charge < -0.3 is 49.3 Å². The first-order chi connectivity index (χ1) is 23.6. The van der Waals surface area contributed by atoms with Crippen molar-refractivity contribution < 1.29 is 53.2 Å². The van der Waals surface area contributed by atoms with Gasteiger partial charge in [0.25, 0.3) is 0 Å². The number of imidazole rings is 1.